The summed E-state index contributed by atoms with van der Waals surface area (Å²) in [4.78, 5) is 45.5. The average Bonchev–Trinajstić information content (AvgIpc) is 3.48. The molecule has 0 saturated heterocycles. The quantitative estimate of drug-likeness (QED) is 0.0668. The molecule has 0 aliphatic carbocycles. The molecule has 0 unspecified atom stereocenters. The second kappa shape index (κ2) is 13.9. The molecule has 0 bridgehead atoms. The van der Waals surface area contributed by atoms with Crippen molar-refractivity contribution < 1.29 is 18.8 Å². The molecule has 0 spiro atoms. The van der Waals surface area contributed by atoms with Gasteiger partial charge in [0.15, 0.2) is 0 Å². The van der Waals surface area contributed by atoms with E-state index in [2.05, 4.69) is 31.2 Å². The van der Waals surface area contributed by atoms with Gasteiger partial charge in [-0.15, -0.1) is 0 Å². The van der Waals surface area contributed by atoms with Crippen molar-refractivity contribution in [3.63, 3.8) is 0 Å². The molecule has 3 amide bonds. The third-order valence-electron chi connectivity index (χ3n) is 7.69. The van der Waals surface area contributed by atoms with Gasteiger partial charge in [0, 0.05) is 41.9 Å². The van der Waals surface area contributed by atoms with E-state index < -0.39 is 5.82 Å². The molecule has 45 heavy (non-hydrogen) atoms. The molecule has 1 aliphatic rings. The van der Waals surface area contributed by atoms with Gasteiger partial charge in [-0.3, -0.25) is 14.4 Å². The number of rotatable bonds is 12. The fourth-order valence-corrected chi connectivity index (χ4v) is 5.26. The van der Waals surface area contributed by atoms with Gasteiger partial charge in [-0.05, 0) is 80.8 Å². The summed E-state index contributed by atoms with van der Waals surface area (Å²) in [5.74, 6) is -0.499. The van der Waals surface area contributed by atoms with Crippen molar-refractivity contribution in [3.05, 3.63) is 100 Å². The number of nitrogens with two attached hydrogens (primary N) is 1. The lowest BCUT2D eigenvalue weighted by atomic mass is 10.0. The lowest BCUT2D eigenvalue weighted by Crippen LogP contribution is -2.25. The SMILES string of the molecule is Cc1[nH]c(C=C2C(=O)Nc3ccc(F)cc32)c(C)c1C(=O)NCCCCCCNc1ccc(C(=O)Nc2ccccc2N)cn1. The Morgan fingerprint density at radius 3 is 2.51 bits per heavy atom. The van der Waals surface area contributed by atoms with Gasteiger partial charge in [0.2, 0.25) is 0 Å². The number of hydrogen-bond acceptors (Lipinski definition) is 6. The van der Waals surface area contributed by atoms with Crippen LogP contribution in [0.15, 0.2) is 60.8 Å². The summed E-state index contributed by atoms with van der Waals surface area (Å²) >= 11 is 0. The van der Waals surface area contributed by atoms with E-state index >= 15 is 0 Å². The molecule has 11 heteroatoms. The fourth-order valence-electron chi connectivity index (χ4n) is 5.26. The second-order valence-electron chi connectivity index (χ2n) is 10.9. The Kier molecular flexibility index (Phi) is 9.57. The third kappa shape index (κ3) is 7.38. The highest BCUT2D eigenvalue weighted by atomic mass is 19.1. The van der Waals surface area contributed by atoms with Gasteiger partial charge in [0.1, 0.15) is 11.6 Å². The van der Waals surface area contributed by atoms with Crippen molar-refractivity contribution in [2.75, 3.05) is 34.8 Å². The number of nitrogen functional groups attached to an aromatic ring is 1. The molecule has 10 nitrogen and oxygen atoms in total. The Labute approximate surface area is 260 Å². The standard InChI is InChI=1S/C34H36FN7O3/c1-20-29(18-25-24-17-23(35)12-13-27(24)41-33(25)44)40-21(2)31(20)34(45)38-16-8-4-3-7-15-37-30-14-11-22(19-39-30)32(43)42-28-10-6-5-9-26(28)36/h5-6,9-14,17-19,40H,3-4,7-8,15-16,36H2,1-2H3,(H,37,39)(H,38,45)(H,41,44)(H,42,43). The molecule has 1 aliphatic heterocycles. The number of halogens is 1. The zero-order valence-corrected chi connectivity index (χ0v) is 25.2. The minimum absolute atomic E-state index is 0.176. The first-order valence-electron chi connectivity index (χ1n) is 14.9. The summed E-state index contributed by atoms with van der Waals surface area (Å²) in [6.45, 7) is 4.93. The zero-order valence-electron chi connectivity index (χ0n) is 25.2. The van der Waals surface area contributed by atoms with Crippen molar-refractivity contribution >= 4 is 52.3 Å². The number of anilines is 4. The van der Waals surface area contributed by atoms with Crippen LogP contribution in [0.4, 0.5) is 27.3 Å². The fraction of sp³-hybridized carbons (Fsp3) is 0.235. The monoisotopic (exact) mass is 609 g/mol. The largest absolute Gasteiger partial charge is 0.397 e. The summed E-state index contributed by atoms with van der Waals surface area (Å²) in [5.41, 5.74) is 11.4. The number of hydrogen-bond donors (Lipinski definition) is 6. The Balaban J connectivity index is 1.02. The highest BCUT2D eigenvalue weighted by Crippen LogP contribution is 2.34. The number of carbonyl (C=O) groups excluding carboxylic acids is 3. The van der Waals surface area contributed by atoms with Crippen LogP contribution in [0.3, 0.4) is 0 Å². The number of aromatic amines is 1. The second-order valence-corrected chi connectivity index (χ2v) is 10.9. The normalized spacial score (nSPS) is 13.0. The molecule has 2 aromatic carbocycles. The van der Waals surface area contributed by atoms with Gasteiger partial charge in [0.25, 0.3) is 17.7 Å². The van der Waals surface area contributed by atoms with Crippen LogP contribution in [-0.4, -0.2) is 40.8 Å². The number of pyridine rings is 1. The summed E-state index contributed by atoms with van der Waals surface area (Å²) in [6, 6.07) is 14.7. The van der Waals surface area contributed by atoms with Crippen molar-refractivity contribution in [2.24, 2.45) is 0 Å². The molecule has 7 N–H and O–H groups in total. The van der Waals surface area contributed by atoms with Gasteiger partial charge in [-0.1, -0.05) is 25.0 Å². The maximum atomic E-state index is 13.8. The van der Waals surface area contributed by atoms with Gasteiger partial charge < -0.3 is 32.0 Å². The van der Waals surface area contributed by atoms with Crippen molar-refractivity contribution in [3.8, 4) is 0 Å². The molecule has 0 saturated carbocycles. The lowest BCUT2D eigenvalue weighted by Gasteiger charge is -2.09. The van der Waals surface area contributed by atoms with Crippen LogP contribution in [-0.2, 0) is 4.79 Å². The summed E-state index contributed by atoms with van der Waals surface area (Å²) in [6.07, 6.45) is 6.88. The van der Waals surface area contributed by atoms with Gasteiger partial charge in [-0.25, -0.2) is 9.37 Å². The number of nitrogens with zero attached hydrogens (tertiary/aromatic N) is 1. The van der Waals surface area contributed by atoms with Crippen LogP contribution in [0, 0.1) is 19.7 Å². The minimum Gasteiger partial charge on any atom is -0.397 e. The molecular weight excluding hydrogens is 573 g/mol. The number of amides is 3. The average molecular weight is 610 g/mol. The van der Waals surface area contributed by atoms with E-state index in [0.29, 0.717) is 63.1 Å². The molecule has 2 aromatic heterocycles. The summed E-state index contributed by atoms with van der Waals surface area (Å²) < 4.78 is 13.8. The first kappa shape index (κ1) is 31.0. The third-order valence-corrected chi connectivity index (χ3v) is 7.69. The van der Waals surface area contributed by atoms with Gasteiger partial charge in [0.05, 0.1) is 28.1 Å². The van der Waals surface area contributed by atoms with Gasteiger partial charge >= 0.3 is 0 Å². The number of unbranched alkanes of at least 4 members (excludes halogenated alkanes) is 3. The number of aryl methyl sites for hydroxylation is 1. The number of nitrogens with one attached hydrogen (secondary N) is 5. The van der Waals surface area contributed by atoms with Crippen molar-refractivity contribution in [2.45, 2.75) is 39.5 Å². The lowest BCUT2D eigenvalue weighted by molar-refractivity contribution is -0.110. The molecule has 5 rings (SSSR count). The van der Waals surface area contributed by atoms with E-state index in [4.69, 9.17) is 5.73 Å². The van der Waals surface area contributed by atoms with Crippen LogP contribution in [0.2, 0.25) is 0 Å². The number of para-hydroxylation sites is 2. The maximum absolute atomic E-state index is 13.8. The Bertz CT molecular complexity index is 1760. The van der Waals surface area contributed by atoms with Crippen molar-refractivity contribution in [1.29, 1.82) is 0 Å². The smallest absolute Gasteiger partial charge is 0.257 e. The van der Waals surface area contributed by atoms with Crippen LogP contribution < -0.4 is 27.0 Å². The highest BCUT2D eigenvalue weighted by molar-refractivity contribution is 6.35. The zero-order chi connectivity index (χ0) is 31.9. The molecule has 3 heterocycles. The predicted octanol–water partition coefficient (Wildman–Crippen LogP) is 5.90. The minimum atomic E-state index is -0.424. The van der Waals surface area contributed by atoms with E-state index in [1.807, 2.05) is 13.8 Å². The summed E-state index contributed by atoms with van der Waals surface area (Å²) in [7, 11) is 0. The van der Waals surface area contributed by atoms with Crippen LogP contribution in [0.25, 0.3) is 11.6 Å². The van der Waals surface area contributed by atoms with E-state index in [-0.39, 0.29) is 17.7 Å². The molecule has 0 atom stereocenters. The number of aromatic nitrogens is 2. The van der Waals surface area contributed by atoms with Crippen LogP contribution >= 0.6 is 0 Å². The molecule has 232 valence electrons. The number of carbonyl (C=O) groups is 3. The predicted molar refractivity (Wildman–Crippen MR) is 176 cm³/mol. The molecule has 0 radical (unpaired) electrons. The molecule has 4 aromatic rings. The topological polar surface area (TPSA) is 154 Å². The number of H-pyrrole nitrogens is 1. The van der Waals surface area contributed by atoms with E-state index in [1.165, 1.54) is 24.4 Å². The summed E-state index contributed by atoms with van der Waals surface area (Å²) in [5, 5.41) is 11.8. The van der Waals surface area contributed by atoms with Gasteiger partial charge in [-0.2, -0.15) is 0 Å². The number of benzene rings is 2. The first-order chi connectivity index (χ1) is 21.7. The van der Waals surface area contributed by atoms with E-state index in [1.54, 1.807) is 42.5 Å². The van der Waals surface area contributed by atoms with Crippen LogP contribution in [0.5, 0.6) is 0 Å². The maximum Gasteiger partial charge on any atom is 0.257 e. The first-order valence-corrected chi connectivity index (χ1v) is 14.9. The Morgan fingerprint density at radius 2 is 1.76 bits per heavy atom. The number of fused-ring (bicyclic) bond motifs is 1. The van der Waals surface area contributed by atoms with E-state index in [0.717, 1.165) is 37.8 Å². The van der Waals surface area contributed by atoms with Crippen molar-refractivity contribution in [1.82, 2.24) is 15.3 Å². The Hall–Kier alpha value is -5.45. The molecule has 0 fully saturated rings. The van der Waals surface area contributed by atoms with Crippen LogP contribution in [0.1, 0.15) is 68.9 Å². The highest BCUT2D eigenvalue weighted by Gasteiger charge is 2.26. The Morgan fingerprint density at radius 1 is 0.978 bits per heavy atom. The van der Waals surface area contributed by atoms with E-state index in [9.17, 15) is 18.8 Å². The molecular formula is C34H36FN7O3.